The standard InChI is InChI=1S/C15H21N3O4S3/c19-24(20)8-6-13(10-24)17-18(14-7-9-25(21,22)11-14)15(23)16-12-4-2-1-3-5-12/h1-5,13-14,17H,6-11H2,(H,16,23)/t13-,14+/m1/s1. The minimum atomic E-state index is -3.09. The van der Waals surface area contributed by atoms with Crippen LogP contribution < -0.4 is 10.7 Å². The molecule has 25 heavy (non-hydrogen) atoms. The molecular formula is C15H21N3O4S3. The van der Waals surface area contributed by atoms with Gasteiger partial charge in [0.15, 0.2) is 24.8 Å². The Morgan fingerprint density at radius 3 is 2.20 bits per heavy atom. The van der Waals surface area contributed by atoms with Gasteiger partial charge in [-0.25, -0.2) is 22.3 Å². The summed E-state index contributed by atoms with van der Waals surface area (Å²) in [7, 11) is -6.13. The van der Waals surface area contributed by atoms with Gasteiger partial charge in [-0.05, 0) is 37.2 Å². The molecular weight excluding hydrogens is 382 g/mol. The van der Waals surface area contributed by atoms with Gasteiger partial charge in [0.1, 0.15) is 0 Å². The van der Waals surface area contributed by atoms with Gasteiger partial charge >= 0.3 is 0 Å². The molecule has 1 aromatic rings. The molecule has 0 radical (unpaired) electrons. The summed E-state index contributed by atoms with van der Waals surface area (Å²) in [6.45, 7) is 0. The van der Waals surface area contributed by atoms with Crippen LogP contribution in [0.4, 0.5) is 5.69 Å². The molecule has 0 amide bonds. The summed E-state index contributed by atoms with van der Waals surface area (Å²) in [4.78, 5) is 0. The minimum absolute atomic E-state index is 0.01000. The highest BCUT2D eigenvalue weighted by atomic mass is 32.2. The fourth-order valence-corrected chi connectivity index (χ4v) is 6.79. The van der Waals surface area contributed by atoms with E-state index in [1.54, 1.807) is 5.01 Å². The van der Waals surface area contributed by atoms with E-state index in [0.717, 1.165) is 5.69 Å². The Morgan fingerprint density at radius 2 is 1.64 bits per heavy atom. The molecule has 0 aliphatic carbocycles. The molecule has 0 bridgehead atoms. The maximum atomic E-state index is 11.9. The van der Waals surface area contributed by atoms with E-state index in [2.05, 4.69) is 10.7 Å². The van der Waals surface area contributed by atoms with E-state index in [0.29, 0.717) is 18.0 Å². The summed E-state index contributed by atoms with van der Waals surface area (Å²) < 4.78 is 47.1. The normalized spacial score (nSPS) is 27.0. The molecule has 2 aliphatic heterocycles. The van der Waals surface area contributed by atoms with Crippen molar-refractivity contribution in [2.45, 2.75) is 24.9 Å². The first-order valence-corrected chi connectivity index (χ1v) is 12.1. The van der Waals surface area contributed by atoms with E-state index in [4.69, 9.17) is 12.2 Å². The van der Waals surface area contributed by atoms with Crippen molar-refractivity contribution < 1.29 is 16.8 Å². The Balaban J connectivity index is 1.75. The number of para-hydroxylation sites is 1. The minimum Gasteiger partial charge on any atom is -0.332 e. The van der Waals surface area contributed by atoms with Crippen molar-refractivity contribution in [1.29, 1.82) is 0 Å². The maximum Gasteiger partial charge on any atom is 0.188 e. The number of rotatable bonds is 4. The highest BCUT2D eigenvalue weighted by Crippen LogP contribution is 2.20. The SMILES string of the molecule is O=S1(=O)CC[C@@H](NN(C(=S)Nc2ccccc2)[C@H]2CCS(=O)(=O)C2)C1. The molecule has 0 spiro atoms. The van der Waals surface area contributed by atoms with Crippen LogP contribution in [0.25, 0.3) is 0 Å². The van der Waals surface area contributed by atoms with Gasteiger partial charge in [0.05, 0.1) is 29.1 Å². The third-order valence-corrected chi connectivity index (χ3v) is 8.19. The zero-order chi connectivity index (χ0) is 18.1. The Labute approximate surface area is 153 Å². The molecule has 7 nitrogen and oxygen atoms in total. The van der Waals surface area contributed by atoms with Crippen LogP contribution >= 0.6 is 12.2 Å². The van der Waals surface area contributed by atoms with Gasteiger partial charge in [-0.1, -0.05) is 18.2 Å². The molecule has 2 saturated heterocycles. The van der Waals surface area contributed by atoms with Crippen molar-refractivity contribution in [2.24, 2.45) is 0 Å². The molecule has 0 aromatic heterocycles. The van der Waals surface area contributed by atoms with Crippen molar-refractivity contribution in [2.75, 3.05) is 28.3 Å². The van der Waals surface area contributed by atoms with Crippen molar-refractivity contribution in [3.8, 4) is 0 Å². The largest absolute Gasteiger partial charge is 0.332 e. The van der Waals surface area contributed by atoms with E-state index >= 15 is 0 Å². The van der Waals surface area contributed by atoms with Gasteiger partial charge < -0.3 is 5.32 Å². The second kappa shape index (κ2) is 7.18. The zero-order valence-corrected chi connectivity index (χ0v) is 16.0. The van der Waals surface area contributed by atoms with Crippen LogP contribution in [0.15, 0.2) is 30.3 Å². The molecule has 2 fully saturated rings. The first kappa shape index (κ1) is 18.6. The smallest absolute Gasteiger partial charge is 0.188 e. The lowest BCUT2D eigenvalue weighted by Crippen LogP contribution is -2.55. The van der Waals surface area contributed by atoms with Crippen molar-refractivity contribution in [1.82, 2.24) is 10.4 Å². The first-order chi connectivity index (χ1) is 11.7. The third-order valence-electron chi connectivity index (χ3n) is 4.37. The van der Waals surface area contributed by atoms with Crippen LogP contribution in [0.2, 0.25) is 0 Å². The highest BCUT2D eigenvalue weighted by molar-refractivity contribution is 7.92. The fraction of sp³-hybridized carbons (Fsp3) is 0.533. The number of sulfone groups is 2. The van der Waals surface area contributed by atoms with E-state index in [-0.39, 0.29) is 35.1 Å². The lowest BCUT2D eigenvalue weighted by Gasteiger charge is -2.33. The summed E-state index contributed by atoms with van der Waals surface area (Å²) >= 11 is 5.47. The molecule has 10 heteroatoms. The number of nitrogens with zero attached hydrogens (tertiary/aromatic N) is 1. The van der Waals surface area contributed by atoms with Gasteiger partial charge in [-0.2, -0.15) is 0 Å². The zero-order valence-electron chi connectivity index (χ0n) is 13.6. The van der Waals surface area contributed by atoms with E-state index in [1.165, 1.54) is 0 Å². The number of nitrogens with one attached hydrogen (secondary N) is 2. The van der Waals surface area contributed by atoms with Crippen LogP contribution in [-0.2, 0) is 19.7 Å². The summed E-state index contributed by atoms with van der Waals surface area (Å²) in [5.74, 6) is 0.306. The molecule has 2 aliphatic rings. The van der Waals surface area contributed by atoms with Gasteiger partial charge in [0.2, 0.25) is 0 Å². The van der Waals surface area contributed by atoms with Crippen LogP contribution in [0.1, 0.15) is 12.8 Å². The highest BCUT2D eigenvalue weighted by Gasteiger charge is 2.37. The molecule has 1 aromatic carbocycles. The second-order valence-electron chi connectivity index (χ2n) is 6.45. The Hall–Kier alpha value is -1.23. The average molecular weight is 404 g/mol. The second-order valence-corrected chi connectivity index (χ2v) is 11.3. The lowest BCUT2D eigenvalue weighted by molar-refractivity contribution is 0.220. The quantitative estimate of drug-likeness (QED) is 0.556. The third kappa shape index (κ3) is 4.90. The first-order valence-electron chi connectivity index (χ1n) is 8.06. The average Bonchev–Trinajstić information content (AvgIpc) is 3.07. The van der Waals surface area contributed by atoms with E-state index in [1.807, 2.05) is 30.3 Å². The van der Waals surface area contributed by atoms with Gasteiger partial charge in [0, 0.05) is 11.7 Å². The van der Waals surface area contributed by atoms with Gasteiger partial charge in [0.25, 0.3) is 0 Å². The van der Waals surface area contributed by atoms with Crippen LogP contribution in [0.3, 0.4) is 0 Å². The summed E-state index contributed by atoms with van der Waals surface area (Å²) in [6.07, 6.45) is 0.956. The molecule has 2 N–H and O–H groups in total. The van der Waals surface area contributed by atoms with Crippen LogP contribution in [-0.4, -0.2) is 62.1 Å². The lowest BCUT2D eigenvalue weighted by atomic mass is 10.2. The summed E-state index contributed by atoms with van der Waals surface area (Å²) in [6, 6.07) is 8.77. The predicted molar refractivity (Wildman–Crippen MR) is 102 cm³/mol. The number of hydrazine groups is 1. The maximum absolute atomic E-state index is 11.9. The molecule has 2 atom stereocenters. The van der Waals surface area contributed by atoms with Gasteiger partial charge in [-0.3, -0.25) is 5.01 Å². The van der Waals surface area contributed by atoms with E-state index < -0.39 is 19.7 Å². The number of anilines is 1. The summed E-state index contributed by atoms with van der Waals surface area (Å²) in [5.41, 5.74) is 3.95. The summed E-state index contributed by atoms with van der Waals surface area (Å²) in [5, 5.41) is 5.07. The Morgan fingerprint density at radius 1 is 1.00 bits per heavy atom. The molecule has 2 heterocycles. The van der Waals surface area contributed by atoms with Crippen molar-refractivity contribution >= 4 is 42.7 Å². The Kier molecular flexibility index (Phi) is 5.33. The molecule has 3 rings (SSSR count). The number of thiocarbonyl (C=S) groups is 1. The van der Waals surface area contributed by atoms with Crippen molar-refractivity contribution in [3.63, 3.8) is 0 Å². The molecule has 0 saturated carbocycles. The predicted octanol–water partition coefficient (Wildman–Crippen LogP) is 0.564. The van der Waals surface area contributed by atoms with Crippen LogP contribution in [0, 0.1) is 0 Å². The number of hydrogen-bond donors (Lipinski definition) is 2. The van der Waals surface area contributed by atoms with Gasteiger partial charge in [-0.15, -0.1) is 0 Å². The monoisotopic (exact) mass is 403 g/mol. The topological polar surface area (TPSA) is 95.6 Å². The number of hydrogen-bond acceptors (Lipinski definition) is 6. The Bertz CT molecular complexity index is 840. The fourth-order valence-electron chi connectivity index (χ4n) is 3.11. The number of benzene rings is 1. The van der Waals surface area contributed by atoms with Crippen LogP contribution in [0.5, 0.6) is 0 Å². The molecule has 0 unspecified atom stereocenters. The van der Waals surface area contributed by atoms with E-state index in [9.17, 15) is 16.8 Å². The van der Waals surface area contributed by atoms with Crippen molar-refractivity contribution in [3.05, 3.63) is 30.3 Å². The molecule has 138 valence electrons.